The SMILES string of the molecule is C[C@@H](OC[C@@H](O)CN1C(=O)c2cccc([N+](=O)[O-])c2C1=O)c1ccc(Cl)cc1. The third-order valence-corrected chi connectivity index (χ3v) is 4.70. The normalized spacial score (nSPS) is 15.5. The standard InChI is InChI=1S/C19H17ClN2O6/c1-11(12-5-7-13(20)8-6-12)28-10-14(23)9-21-18(24)15-3-2-4-16(22(26)27)17(15)19(21)25/h2-8,11,14,23H,9-10H2,1H3/t11-,14+/m1/s1. The van der Waals surface area contributed by atoms with Crippen LogP contribution >= 0.6 is 11.6 Å². The van der Waals surface area contributed by atoms with E-state index in [1.165, 1.54) is 18.2 Å². The third kappa shape index (κ3) is 3.89. The van der Waals surface area contributed by atoms with E-state index in [9.17, 15) is 24.8 Å². The summed E-state index contributed by atoms with van der Waals surface area (Å²) in [6.07, 6.45) is -1.48. The number of benzene rings is 2. The van der Waals surface area contributed by atoms with E-state index >= 15 is 0 Å². The number of rotatable bonds is 7. The number of carbonyl (C=O) groups excluding carboxylic acids is 2. The van der Waals surface area contributed by atoms with Crippen molar-refractivity contribution in [2.45, 2.75) is 19.1 Å². The molecule has 1 heterocycles. The maximum absolute atomic E-state index is 12.5. The van der Waals surface area contributed by atoms with Gasteiger partial charge in [-0.25, -0.2) is 0 Å². The zero-order chi connectivity index (χ0) is 20.4. The Morgan fingerprint density at radius 3 is 2.50 bits per heavy atom. The molecule has 146 valence electrons. The Morgan fingerprint density at radius 1 is 1.18 bits per heavy atom. The first-order valence-electron chi connectivity index (χ1n) is 8.48. The number of halogens is 1. The second-order valence-corrected chi connectivity index (χ2v) is 6.80. The number of aliphatic hydroxyl groups excluding tert-OH is 1. The second-order valence-electron chi connectivity index (χ2n) is 6.36. The number of aliphatic hydroxyl groups is 1. The number of nitrogens with zero attached hydrogens (tertiary/aromatic N) is 2. The smallest absolute Gasteiger partial charge is 0.282 e. The average Bonchev–Trinajstić information content (AvgIpc) is 2.91. The molecule has 0 bridgehead atoms. The van der Waals surface area contributed by atoms with Crippen molar-refractivity contribution in [2.75, 3.05) is 13.2 Å². The minimum Gasteiger partial charge on any atom is -0.389 e. The Bertz CT molecular complexity index is 931. The number of fused-ring (bicyclic) bond motifs is 1. The summed E-state index contributed by atoms with van der Waals surface area (Å²) in [5.74, 6) is -1.47. The van der Waals surface area contributed by atoms with Crippen molar-refractivity contribution in [2.24, 2.45) is 0 Å². The van der Waals surface area contributed by atoms with E-state index in [-0.39, 0.29) is 30.4 Å². The van der Waals surface area contributed by atoms with E-state index in [0.717, 1.165) is 10.5 Å². The third-order valence-electron chi connectivity index (χ3n) is 4.45. The van der Waals surface area contributed by atoms with Gasteiger partial charge in [0.25, 0.3) is 17.5 Å². The van der Waals surface area contributed by atoms with Crippen molar-refractivity contribution < 1.29 is 24.4 Å². The monoisotopic (exact) mass is 404 g/mol. The summed E-state index contributed by atoms with van der Waals surface area (Å²) < 4.78 is 5.60. The number of hydrogen-bond acceptors (Lipinski definition) is 6. The highest BCUT2D eigenvalue weighted by molar-refractivity contribution is 6.30. The minimum atomic E-state index is -1.14. The van der Waals surface area contributed by atoms with E-state index in [1.807, 2.05) is 0 Å². The molecule has 2 amide bonds. The Balaban J connectivity index is 1.64. The molecule has 0 spiro atoms. The van der Waals surface area contributed by atoms with Crippen LogP contribution in [0.4, 0.5) is 5.69 Å². The molecule has 9 heteroatoms. The van der Waals surface area contributed by atoms with Gasteiger partial charge in [-0.05, 0) is 30.7 Å². The summed E-state index contributed by atoms with van der Waals surface area (Å²) in [4.78, 5) is 36.1. The second kappa shape index (κ2) is 8.05. The first-order valence-corrected chi connectivity index (χ1v) is 8.86. The van der Waals surface area contributed by atoms with Crippen molar-refractivity contribution in [1.29, 1.82) is 0 Å². The Kier molecular flexibility index (Phi) is 5.73. The van der Waals surface area contributed by atoms with Gasteiger partial charge in [0.05, 0.1) is 35.8 Å². The van der Waals surface area contributed by atoms with Gasteiger partial charge in [0.2, 0.25) is 0 Å². The lowest BCUT2D eigenvalue weighted by atomic mass is 10.1. The van der Waals surface area contributed by atoms with Crippen molar-refractivity contribution in [1.82, 2.24) is 4.90 Å². The maximum Gasteiger partial charge on any atom is 0.282 e. The summed E-state index contributed by atoms with van der Waals surface area (Å²) in [6, 6.07) is 10.9. The van der Waals surface area contributed by atoms with Crippen LogP contribution < -0.4 is 0 Å². The number of hydrogen-bond donors (Lipinski definition) is 1. The van der Waals surface area contributed by atoms with E-state index in [1.54, 1.807) is 31.2 Å². The van der Waals surface area contributed by atoms with Crippen LogP contribution in [0.5, 0.6) is 0 Å². The van der Waals surface area contributed by atoms with Gasteiger partial charge in [-0.2, -0.15) is 0 Å². The van der Waals surface area contributed by atoms with Crippen LogP contribution in [0.15, 0.2) is 42.5 Å². The summed E-state index contributed by atoms with van der Waals surface area (Å²) >= 11 is 5.84. The highest BCUT2D eigenvalue weighted by Gasteiger charge is 2.41. The lowest BCUT2D eigenvalue weighted by molar-refractivity contribution is -0.385. The molecule has 2 aromatic carbocycles. The zero-order valence-electron chi connectivity index (χ0n) is 14.9. The molecule has 0 fully saturated rings. The Hall–Kier alpha value is -2.81. The minimum absolute atomic E-state index is 0.0400. The highest BCUT2D eigenvalue weighted by Crippen LogP contribution is 2.30. The number of amides is 2. The van der Waals surface area contributed by atoms with E-state index in [0.29, 0.717) is 5.02 Å². The van der Waals surface area contributed by atoms with Gasteiger partial charge in [0, 0.05) is 11.1 Å². The van der Waals surface area contributed by atoms with Crippen molar-refractivity contribution in [3.8, 4) is 0 Å². The van der Waals surface area contributed by atoms with Crippen molar-refractivity contribution in [3.05, 3.63) is 74.3 Å². The summed E-state index contributed by atoms with van der Waals surface area (Å²) in [5.41, 5.74) is 0.135. The molecule has 2 aromatic rings. The van der Waals surface area contributed by atoms with Gasteiger partial charge in [0.15, 0.2) is 0 Å². The van der Waals surface area contributed by atoms with Crippen molar-refractivity contribution in [3.63, 3.8) is 0 Å². The van der Waals surface area contributed by atoms with E-state index in [4.69, 9.17) is 16.3 Å². The molecule has 0 saturated heterocycles. The molecule has 1 aliphatic rings. The van der Waals surface area contributed by atoms with Crippen LogP contribution in [0, 0.1) is 10.1 Å². The largest absolute Gasteiger partial charge is 0.389 e. The summed E-state index contributed by atoms with van der Waals surface area (Å²) in [5, 5.41) is 21.9. The fraction of sp³-hybridized carbons (Fsp3) is 0.263. The van der Waals surface area contributed by atoms with Gasteiger partial charge in [-0.3, -0.25) is 24.6 Å². The molecular weight excluding hydrogens is 388 g/mol. The molecule has 0 unspecified atom stereocenters. The molecule has 2 atom stereocenters. The van der Waals surface area contributed by atoms with Crippen LogP contribution in [0.3, 0.4) is 0 Å². The van der Waals surface area contributed by atoms with Gasteiger partial charge >= 0.3 is 0 Å². The number of β-amino-alcohol motifs (C(OH)–C–C–N with tert-alkyl or cyclic N) is 1. The maximum atomic E-state index is 12.5. The molecule has 0 radical (unpaired) electrons. The van der Waals surface area contributed by atoms with Crippen LogP contribution in [0.2, 0.25) is 5.02 Å². The molecular formula is C19H17ClN2O6. The van der Waals surface area contributed by atoms with Crippen LogP contribution in [-0.2, 0) is 4.74 Å². The number of ether oxygens (including phenoxy) is 1. The molecule has 28 heavy (non-hydrogen) atoms. The molecule has 0 aromatic heterocycles. The van der Waals surface area contributed by atoms with E-state index in [2.05, 4.69) is 0 Å². The van der Waals surface area contributed by atoms with Gasteiger partial charge in [0.1, 0.15) is 5.56 Å². The predicted molar refractivity (Wildman–Crippen MR) is 100 cm³/mol. The molecule has 0 saturated carbocycles. The summed E-state index contributed by atoms with van der Waals surface area (Å²) in [6.45, 7) is 1.34. The van der Waals surface area contributed by atoms with Crippen LogP contribution in [0.1, 0.15) is 39.3 Å². The molecule has 8 nitrogen and oxygen atoms in total. The zero-order valence-corrected chi connectivity index (χ0v) is 15.6. The number of imide groups is 1. The fourth-order valence-electron chi connectivity index (χ4n) is 2.98. The topological polar surface area (TPSA) is 110 Å². The predicted octanol–water partition coefficient (Wildman–Crippen LogP) is 2.98. The molecule has 1 N–H and O–H groups in total. The Morgan fingerprint density at radius 2 is 1.86 bits per heavy atom. The highest BCUT2D eigenvalue weighted by atomic mass is 35.5. The number of nitro groups is 1. The Labute approximate surface area is 165 Å². The number of nitro benzene ring substituents is 1. The van der Waals surface area contributed by atoms with Gasteiger partial charge in [-0.1, -0.05) is 29.8 Å². The number of carbonyl (C=O) groups is 2. The van der Waals surface area contributed by atoms with Gasteiger partial charge in [-0.15, -0.1) is 0 Å². The first kappa shape index (κ1) is 19.9. The van der Waals surface area contributed by atoms with E-state index < -0.39 is 28.5 Å². The molecule has 1 aliphatic heterocycles. The molecule has 3 rings (SSSR count). The lowest BCUT2D eigenvalue weighted by Crippen LogP contribution is -2.38. The first-order chi connectivity index (χ1) is 13.3. The average molecular weight is 405 g/mol. The molecule has 0 aliphatic carbocycles. The fourth-order valence-corrected chi connectivity index (χ4v) is 3.11. The quantitative estimate of drug-likeness (QED) is 0.431. The van der Waals surface area contributed by atoms with Gasteiger partial charge < -0.3 is 9.84 Å². The summed E-state index contributed by atoms with van der Waals surface area (Å²) in [7, 11) is 0. The van der Waals surface area contributed by atoms with Crippen LogP contribution in [0.25, 0.3) is 0 Å². The lowest BCUT2D eigenvalue weighted by Gasteiger charge is -2.20. The van der Waals surface area contributed by atoms with Crippen molar-refractivity contribution >= 4 is 29.1 Å². The van der Waals surface area contributed by atoms with Crippen LogP contribution in [-0.4, -0.2) is 46.0 Å².